The third kappa shape index (κ3) is 5.07. The number of thiophene rings is 1. The van der Waals surface area contributed by atoms with Crippen molar-refractivity contribution in [3.63, 3.8) is 0 Å². The molecule has 22 heavy (non-hydrogen) atoms. The van der Waals surface area contributed by atoms with Gasteiger partial charge in [0.1, 0.15) is 0 Å². The number of carbonyl (C=O) groups excluding carboxylic acids is 1. The van der Waals surface area contributed by atoms with E-state index in [-0.39, 0.29) is 5.91 Å². The highest BCUT2D eigenvalue weighted by atomic mass is 32.1. The predicted molar refractivity (Wildman–Crippen MR) is 80.5 cm³/mol. The predicted octanol–water partition coefficient (Wildman–Crippen LogP) is 4.23. The van der Waals surface area contributed by atoms with Crippen LogP contribution in [0.15, 0.2) is 41.8 Å². The van der Waals surface area contributed by atoms with E-state index in [4.69, 9.17) is 0 Å². The summed E-state index contributed by atoms with van der Waals surface area (Å²) in [5.74, 6) is -0.198. The first-order valence-electron chi connectivity index (χ1n) is 6.69. The van der Waals surface area contributed by atoms with Crippen LogP contribution in [-0.2, 0) is 17.4 Å². The van der Waals surface area contributed by atoms with Crippen molar-refractivity contribution in [2.45, 2.75) is 25.4 Å². The first kappa shape index (κ1) is 16.4. The van der Waals surface area contributed by atoms with Crippen LogP contribution in [0.4, 0.5) is 18.9 Å². The van der Waals surface area contributed by atoms with Gasteiger partial charge in [-0.3, -0.25) is 15.6 Å². The molecular formula is C15H15F3N2OS. The second kappa shape index (κ2) is 7.31. The van der Waals surface area contributed by atoms with E-state index in [1.54, 1.807) is 11.3 Å². The topological polar surface area (TPSA) is 41.1 Å². The van der Waals surface area contributed by atoms with E-state index in [9.17, 15) is 18.0 Å². The monoisotopic (exact) mass is 328 g/mol. The Balaban J connectivity index is 1.71. The molecule has 0 bridgehead atoms. The van der Waals surface area contributed by atoms with Crippen molar-refractivity contribution in [2.24, 2.45) is 0 Å². The number of rotatable bonds is 6. The second-order valence-corrected chi connectivity index (χ2v) is 5.71. The molecule has 0 aliphatic rings. The molecule has 0 spiro atoms. The maximum atomic E-state index is 12.4. The molecule has 0 atom stereocenters. The number of anilines is 1. The largest absolute Gasteiger partial charge is 0.416 e. The molecule has 1 heterocycles. The number of hydrazine groups is 1. The molecule has 2 aromatic rings. The molecule has 0 saturated carbocycles. The maximum Gasteiger partial charge on any atom is 0.416 e. The van der Waals surface area contributed by atoms with Gasteiger partial charge in [-0.1, -0.05) is 6.07 Å². The molecule has 0 unspecified atom stereocenters. The number of hydrogen-bond acceptors (Lipinski definition) is 3. The van der Waals surface area contributed by atoms with Gasteiger partial charge in [0.05, 0.1) is 11.3 Å². The van der Waals surface area contributed by atoms with Gasteiger partial charge in [0.15, 0.2) is 0 Å². The van der Waals surface area contributed by atoms with Crippen LogP contribution < -0.4 is 10.9 Å². The summed E-state index contributed by atoms with van der Waals surface area (Å²) in [5, 5.41) is 1.99. The molecule has 7 heteroatoms. The van der Waals surface area contributed by atoms with Crippen LogP contribution in [0.2, 0.25) is 0 Å². The first-order valence-corrected chi connectivity index (χ1v) is 7.57. The lowest BCUT2D eigenvalue weighted by atomic mass is 10.2. The summed E-state index contributed by atoms with van der Waals surface area (Å²) in [5.41, 5.74) is 4.75. The van der Waals surface area contributed by atoms with Gasteiger partial charge in [0.2, 0.25) is 5.91 Å². The van der Waals surface area contributed by atoms with Crippen LogP contribution in [0.25, 0.3) is 0 Å². The molecular weight excluding hydrogens is 313 g/mol. The van der Waals surface area contributed by atoms with E-state index >= 15 is 0 Å². The third-order valence-electron chi connectivity index (χ3n) is 2.97. The molecule has 0 saturated heterocycles. The molecule has 0 fully saturated rings. The summed E-state index contributed by atoms with van der Waals surface area (Å²) < 4.78 is 37.2. The highest BCUT2D eigenvalue weighted by Gasteiger charge is 2.29. The number of carbonyl (C=O) groups is 1. The summed E-state index contributed by atoms with van der Waals surface area (Å²) in [4.78, 5) is 12.8. The Kier molecular flexibility index (Phi) is 5.43. The zero-order valence-corrected chi connectivity index (χ0v) is 12.4. The SMILES string of the molecule is O=C(CCCc1cccs1)NNc1ccc(C(F)(F)F)cc1. The van der Waals surface area contributed by atoms with E-state index < -0.39 is 11.7 Å². The van der Waals surface area contributed by atoms with E-state index in [0.717, 1.165) is 25.0 Å². The van der Waals surface area contributed by atoms with Gasteiger partial charge in [0, 0.05) is 11.3 Å². The van der Waals surface area contributed by atoms with Gasteiger partial charge >= 0.3 is 6.18 Å². The quantitative estimate of drug-likeness (QED) is 0.779. The lowest BCUT2D eigenvalue weighted by molar-refractivity contribution is -0.137. The number of alkyl halides is 3. The second-order valence-electron chi connectivity index (χ2n) is 4.68. The van der Waals surface area contributed by atoms with Crippen molar-refractivity contribution in [1.82, 2.24) is 5.43 Å². The van der Waals surface area contributed by atoms with Crippen molar-refractivity contribution in [3.8, 4) is 0 Å². The van der Waals surface area contributed by atoms with Crippen LogP contribution in [0.1, 0.15) is 23.3 Å². The summed E-state index contributed by atoms with van der Waals surface area (Å²) >= 11 is 1.65. The zero-order chi connectivity index (χ0) is 16.0. The van der Waals surface area contributed by atoms with E-state index in [0.29, 0.717) is 12.1 Å². The number of halogens is 3. The Morgan fingerprint density at radius 2 is 1.86 bits per heavy atom. The summed E-state index contributed by atoms with van der Waals surface area (Å²) in [6.07, 6.45) is -2.44. The van der Waals surface area contributed by atoms with Crippen LogP contribution in [0.3, 0.4) is 0 Å². The Hall–Kier alpha value is -2.02. The molecule has 1 amide bonds. The lowest BCUT2D eigenvalue weighted by Crippen LogP contribution is -2.29. The van der Waals surface area contributed by atoms with Crippen LogP contribution in [0.5, 0.6) is 0 Å². The van der Waals surface area contributed by atoms with Crippen molar-refractivity contribution < 1.29 is 18.0 Å². The maximum absolute atomic E-state index is 12.4. The molecule has 1 aromatic carbocycles. The standard InChI is InChI=1S/C15H15F3N2OS/c16-15(17,18)11-6-8-12(9-7-11)19-20-14(21)5-1-3-13-4-2-10-22-13/h2,4,6-10,19H,1,3,5H2,(H,20,21). The minimum absolute atomic E-state index is 0.198. The first-order chi connectivity index (χ1) is 10.4. The highest BCUT2D eigenvalue weighted by Crippen LogP contribution is 2.29. The number of aryl methyl sites for hydroxylation is 1. The molecule has 2 rings (SSSR count). The number of nitrogens with one attached hydrogen (secondary N) is 2. The molecule has 0 aliphatic carbocycles. The molecule has 0 radical (unpaired) electrons. The van der Waals surface area contributed by atoms with E-state index in [1.807, 2.05) is 17.5 Å². The average molecular weight is 328 g/mol. The summed E-state index contributed by atoms with van der Waals surface area (Å²) in [6.45, 7) is 0. The van der Waals surface area contributed by atoms with Gasteiger partial charge in [-0.25, -0.2) is 0 Å². The van der Waals surface area contributed by atoms with Crippen LogP contribution in [0, 0.1) is 0 Å². The molecule has 118 valence electrons. The normalized spacial score (nSPS) is 11.2. The Morgan fingerprint density at radius 1 is 1.14 bits per heavy atom. The molecule has 2 N–H and O–H groups in total. The van der Waals surface area contributed by atoms with Crippen molar-refractivity contribution in [2.75, 3.05) is 5.43 Å². The van der Waals surface area contributed by atoms with Gasteiger partial charge in [-0.05, 0) is 48.6 Å². The fraction of sp³-hybridized carbons (Fsp3) is 0.267. The zero-order valence-electron chi connectivity index (χ0n) is 11.6. The van der Waals surface area contributed by atoms with Crippen molar-refractivity contribution in [3.05, 3.63) is 52.2 Å². The fourth-order valence-electron chi connectivity index (χ4n) is 1.82. The molecule has 3 nitrogen and oxygen atoms in total. The lowest BCUT2D eigenvalue weighted by Gasteiger charge is -2.10. The Morgan fingerprint density at radius 3 is 2.45 bits per heavy atom. The van der Waals surface area contributed by atoms with Gasteiger partial charge < -0.3 is 0 Å². The van der Waals surface area contributed by atoms with E-state index in [2.05, 4.69) is 10.9 Å². The number of amides is 1. The molecule has 0 aliphatic heterocycles. The van der Waals surface area contributed by atoms with Crippen LogP contribution >= 0.6 is 11.3 Å². The summed E-state index contributed by atoms with van der Waals surface area (Å²) in [7, 11) is 0. The van der Waals surface area contributed by atoms with Crippen LogP contribution in [-0.4, -0.2) is 5.91 Å². The van der Waals surface area contributed by atoms with Gasteiger partial charge in [-0.2, -0.15) is 13.2 Å². The Labute approximate surface area is 130 Å². The number of hydrogen-bond donors (Lipinski definition) is 2. The molecule has 1 aromatic heterocycles. The fourth-order valence-corrected chi connectivity index (χ4v) is 2.58. The van der Waals surface area contributed by atoms with Crippen molar-refractivity contribution >= 4 is 22.9 Å². The van der Waals surface area contributed by atoms with Crippen molar-refractivity contribution in [1.29, 1.82) is 0 Å². The van der Waals surface area contributed by atoms with Gasteiger partial charge in [-0.15, -0.1) is 11.3 Å². The van der Waals surface area contributed by atoms with E-state index in [1.165, 1.54) is 17.0 Å². The summed E-state index contributed by atoms with van der Waals surface area (Å²) in [6, 6.07) is 8.45. The smallest absolute Gasteiger partial charge is 0.299 e. The minimum Gasteiger partial charge on any atom is -0.299 e. The average Bonchev–Trinajstić information content (AvgIpc) is 2.98. The third-order valence-corrected chi connectivity index (χ3v) is 3.90. The van der Waals surface area contributed by atoms with Gasteiger partial charge in [0.25, 0.3) is 0 Å². The number of benzene rings is 1. The highest BCUT2D eigenvalue weighted by molar-refractivity contribution is 7.09. The Bertz CT molecular complexity index is 594. The minimum atomic E-state index is -4.36.